The molecule has 2 aliphatic rings. The van der Waals surface area contributed by atoms with Crippen LogP contribution in [0.1, 0.15) is 37.3 Å². The van der Waals surface area contributed by atoms with Crippen LogP contribution in [0.2, 0.25) is 0 Å². The van der Waals surface area contributed by atoms with Crippen LogP contribution in [0.5, 0.6) is 0 Å². The highest BCUT2D eigenvalue weighted by atomic mass is 16.3. The highest BCUT2D eigenvalue weighted by molar-refractivity contribution is 5.22. The Morgan fingerprint density at radius 1 is 1.50 bits per heavy atom. The van der Waals surface area contributed by atoms with Crippen LogP contribution in [0.4, 0.5) is 0 Å². The Balaban J connectivity index is 1.91. The van der Waals surface area contributed by atoms with Gasteiger partial charge in [0.15, 0.2) is 0 Å². The van der Waals surface area contributed by atoms with Crippen LogP contribution in [0, 0.1) is 0 Å². The minimum absolute atomic E-state index is 0.507. The zero-order valence-electron chi connectivity index (χ0n) is 6.90. The van der Waals surface area contributed by atoms with E-state index in [0.717, 1.165) is 18.4 Å². The van der Waals surface area contributed by atoms with Crippen molar-refractivity contribution in [1.29, 1.82) is 0 Å². The van der Waals surface area contributed by atoms with Gasteiger partial charge in [0, 0.05) is 11.8 Å². The minimum atomic E-state index is -0.507. The van der Waals surface area contributed by atoms with Gasteiger partial charge in [-0.1, -0.05) is 0 Å². The van der Waals surface area contributed by atoms with Gasteiger partial charge in [-0.3, -0.25) is 4.68 Å². The van der Waals surface area contributed by atoms with E-state index in [4.69, 9.17) is 0 Å². The van der Waals surface area contributed by atoms with E-state index < -0.39 is 5.60 Å². The van der Waals surface area contributed by atoms with Crippen molar-refractivity contribution in [2.45, 2.75) is 37.3 Å². The molecule has 3 heteroatoms. The first-order chi connectivity index (χ1) is 5.78. The fourth-order valence-electron chi connectivity index (χ4n) is 1.52. The lowest BCUT2D eigenvalue weighted by atomic mass is 10.2. The number of hydrogen-bond acceptors (Lipinski definition) is 2. The zero-order valence-corrected chi connectivity index (χ0v) is 6.90. The van der Waals surface area contributed by atoms with E-state index in [1.807, 2.05) is 17.1 Å². The maximum absolute atomic E-state index is 9.76. The first kappa shape index (κ1) is 6.66. The standard InChI is InChI=1S/C9H12N2O/c12-9(3-4-9)7-5-10-11(6-7)8-1-2-8/h5-6,8,12H,1-4H2. The molecule has 0 saturated heterocycles. The molecule has 3 rings (SSSR count). The highest BCUT2D eigenvalue weighted by Gasteiger charge is 2.43. The minimum Gasteiger partial charge on any atom is -0.385 e. The Morgan fingerprint density at radius 3 is 2.83 bits per heavy atom. The van der Waals surface area contributed by atoms with Gasteiger partial charge in [-0.05, 0) is 25.7 Å². The van der Waals surface area contributed by atoms with E-state index in [0.29, 0.717) is 6.04 Å². The summed E-state index contributed by atoms with van der Waals surface area (Å²) in [5.74, 6) is 0. The first-order valence-corrected chi connectivity index (χ1v) is 4.55. The van der Waals surface area contributed by atoms with Crippen molar-refractivity contribution in [3.63, 3.8) is 0 Å². The van der Waals surface area contributed by atoms with Crippen molar-refractivity contribution >= 4 is 0 Å². The second kappa shape index (κ2) is 1.91. The van der Waals surface area contributed by atoms with Crippen LogP contribution in [-0.4, -0.2) is 14.9 Å². The molecule has 0 aromatic carbocycles. The van der Waals surface area contributed by atoms with Gasteiger partial charge in [-0.25, -0.2) is 0 Å². The van der Waals surface area contributed by atoms with Gasteiger partial charge >= 0.3 is 0 Å². The summed E-state index contributed by atoms with van der Waals surface area (Å²) in [6.45, 7) is 0. The molecule has 0 spiro atoms. The molecule has 0 atom stereocenters. The van der Waals surface area contributed by atoms with Crippen molar-refractivity contribution in [2.75, 3.05) is 0 Å². The number of nitrogens with zero attached hydrogens (tertiary/aromatic N) is 2. The molecule has 12 heavy (non-hydrogen) atoms. The maximum atomic E-state index is 9.76. The van der Waals surface area contributed by atoms with Crippen LogP contribution >= 0.6 is 0 Å². The van der Waals surface area contributed by atoms with Crippen LogP contribution in [0.3, 0.4) is 0 Å². The summed E-state index contributed by atoms with van der Waals surface area (Å²) in [6.07, 6.45) is 8.13. The largest absolute Gasteiger partial charge is 0.385 e. The smallest absolute Gasteiger partial charge is 0.0929 e. The van der Waals surface area contributed by atoms with E-state index in [1.165, 1.54) is 12.8 Å². The van der Waals surface area contributed by atoms with Gasteiger partial charge in [0.1, 0.15) is 0 Å². The molecule has 0 amide bonds. The Labute approximate surface area is 71.0 Å². The Morgan fingerprint density at radius 2 is 2.25 bits per heavy atom. The summed E-state index contributed by atoms with van der Waals surface area (Å²) in [7, 11) is 0. The van der Waals surface area contributed by atoms with E-state index >= 15 is 0 Å². The summed E-state index contributed by atoms with van der Waals surface area (Å²) < 4.78 is 1.99. The average molecular weight is 164 g/mol. The number of aliphatic hydroxyl groups is 1. The van der Waals surface area contributed by atoms with Crippen LogP contribution in [0.15, 0.2) is 12.4 Å². The molecule has 2 fully saturated rings. The lowest BCUT2D eigenvalue weighted by Crippen LogP contribution is -2.02. The second-order valence-corrected chi connectivity index (χ2v) is 3.97. The molecular formula is C9H12N2O. The molecule has 0 aliphatic heterocycles. The Hall–Kier alpha value is -0.830. The number of aromatic nitrogens is 2. The molecular weight excluding hydrogens is 152 g/mol. The molecule has 0 unspecified atom stereocenters. The third-order valence-electron chi connectivity index (χ3n) is 2.78. The predicted octanol–water partition coefficient (Wildman–Crippen LogP) is 1.20. The quantitative estimate of drug-likeness (QED) is 0.713. The van der Waals surface area contributed by atoms with Crippen LogP contribution in [-0.2, 0) is 5.60 Å². The first-order valence-electron chi connectivity index (χ1n) is 4.55. The molecule has 64 valence electrons. The van der Waals surface area contributed by atoms with Crippen LogP contribution in [0.25, 0.3) is 0 Å². The lowest BCUT2D eigenvalue weighted by Gasteiger charge is -2.01. The second-order valence-electron chi connectivity index (χ2n) is 3.97. The molecule has 1 N–H and O–H groups in total. The van der Waals surface area contributed by atoms with Crippen LogP contribution < -0.4 is 0 Å². The molecule has 0 bridgehead atoms. The molecule has 1 heterocycles. The molecule has 1 aromatic heterocycles. The topological polar surface area (TPSA) is 38.1 Å². The monoisotopic (exact) mass is 164 g/mol. The summed E-state index contributed by atoms with van der Waals surface area (Å²) >= 11 is 0. The lowest BCUT2D eigenvalue weighted by molar-refractivity contribution is 0.151. The molecule has 1 aromatic rings. The normalized spacial score (nSPS) is 25.8. The van der Waals surface area contributed by atoms with Gasteiger partial charge in [-0.2, -0.15) is 5.10 Å². The van der Waals surface area contributed by atoms with Gasteiger partial charge in [0.25, 0.3) is 0 Å². The van der Waals surface area contributed by atoms with Crippen molar-refractivity contribution in [2.24, 2.45) is 0 Å². The summed E-state index contributed by atoms with van der Waals surface area (Å²) in [6, 6.07) is 0.626. The van der Waals surface area contributed by atoms with Crippen molar-refractivity contribution < 1.29 is 5.11 Å². The van der Waals surface area contributed by atoms with E-state index in [-0.39, 0.29) is 0 Å². The van der Waals surface area contributed by atoms with Gasteiger partial charge < -0.3 is 5.11 Å². The van der Waals surface area contributed by atoms with Gasteiger partial charge in [0.2, 0.25) is 0 Å². The predicted molar refractivity (Wildman–Crippen MR) is 43.6 cm³/mol. The fraction of sp³-hybridized carbons (Fsp3) is 0.667. The number of rotatable bonds is 2. The fourth-order valence-corrected chi connectivity index (χ4v) is 1.52. The van der Waals surface area contributed by atoms with Crippen molar-refractivity contribution in [1.82, 2.24) is 9.78 Å². The summed E-state index contributed by atoms with van der Waals surface area (Å²) in [4.78, 5) is 0. The van der Waals surface area contributed by atoms with E-state index in [2.05, 4.69) is 5.10 Å². The molecule has 2 aliphatic carbocycles. The maximum Gasteiger partial charge on any atom is 0.0929 e. The van der Waals surface area contributed by atoms with Crippen molar-refractivity contribution in [3.05, 3.63) is 18.0 Å². The zero-order chi connectivity index (χ0) is 8.18. The summed E-state index contributed by atoms with van der Waals surface area (Å²) in [5, 5.41) is 14.0. The highest BCUT2D eigenvalue weighted by Crippen LogP contribution is 2.46. The molecule has 2 saturated carbocycles. The van der Waals surface area contributed by atoms with E-state index in [9.17, 15) is 5.11 Å². The molecule has 0 radical (unpaired) electrons. The Bertz CT molecular complexity index is 310. The molecule has 3 nitrogen and oxygen atoms in total. The third kappa shape index (κ3) is 0.894. The number of hydrogen-bond donors (Lipinski definition) is 1. The third-order valence-corrected chi connectivity index (χ3v) is 2.78. The average Bonchev–Trinajstić information content (AvgIpc) is 2.97. The van der Waals surface area contributed by atoms with Gasteiger partial charge in [0.05, 0.1) is 17.8 Å². The summed E-state index contributed by atoms with van der Waals surface area (Å²) in [5.41, 5.74) is 0.502. The Kier molecular flexibility index (Phi) is 1.06. The van der Waals surface area contributed by atoms with Gasteiger partial charge in [-0.15, -0.1) is 0 Å². The van der Waals surface area contributed by atoms with Crippen molar-refractivity contribution in [3.8, 4) is 0 Å². The van der Waals surface area contributed by atoms with E-state index in [1.54, 1.807) is 0 Å². The SMILES string of the molecule is OC1(c2cnn(C3CC3)c2)CC1.